The number of nitrogens with zero attached hydrogens (tertiary/aromatic N) is 5. The minimum absolute atomic E-state index is 0.0316. The van der Waals surface area contributed by atoms with Gasteiger partial charge in [0.2, 0.25) is 11.8 Å². The average Bonchev–Trinajstić information content (AvgIpc) is 3.19. The van der Waals surface area contributed by atoms with E-state index in [0.717, 1.165) is 25.1 Å². The lowest BCUT2D eigenvalue weighted by atomic mass is 9.94. The highest BCUT2D eigenvalue weighted by atomic mass is 32.1. The molecule has 2 aromatic rings. The SMILES string of the molecule is NC(=O)c1noc(CN2C[C@@H]3CC[C@H](C2)N(Cc2cscn2)C3=O)n1. The third-order valence-electron chi connectivity index (χ3n) is 4.73. The van der Waals surface area contributed by atoms with Crippen LogP contribution in [0.25, 0.3) is 0 Å². The molecule has 9 nitrogen and oxygen atoms in total. The number of piperidine rings is 1. The molecule has 5 heterocycles. The van der Waals surface area contributed by atoms with Crippen molar-refractivity contribution in [1.29, 1.82) is 0 Å². The minimum Gasteiger partial charge on any atom is -0.363 e. The summed E-state index contributed by atoms with van der Waals surface area (Å²) in [7, 11) is 0. The number of fused-ring (bicyclic) bond motifs is 4. The first-order valence-electron chi connectivity index (χ1n) is 8.12. The number of thiazole rings is 1. The predicted molar refractivity (Wildman–Crippen MR) is 87.3 cm³/mol. The van der Waals surface area contributed by atoms with Gasteiger partial charge in [0.1, 0.15) is 0 Å². The van der Waals surface area contributed by atoms with Crippen molar-refractivity contribution in [2.75, 3.05) is 13.1 Å². The van der Waals surface area contributed by atoms with Crippen LogP contribution in [0.3, 0.4) is 0 Å². The van der Waals surface area contributed by atoms with Crippen LogP contribution in [0.5, 0.6) is 0 Å². The van der Waals surface area contributed by atoms with Gasteiger partial charge in [-0.25, -0.2) is 4.98 Å². The Bertz CT molecular complexity index is 776. The number of nitrogens with two attached hydrogens (primary N) is 1. The number of aromatic nitrogens is 3. The molecule has 25 heavy (non-hydrogen) atoms. The molecule has 0 spiro atoms. The van der Waals surface area contributed by atoms with Crippen molar-refractivity contribution in [2.45, 2.75) is 32.0 Å². The van der Waals surface area contributed by atoms with Gasteiger partial charge in [-0.1, -0.05) is 5.16 Å². The summed E-state index contributed by atoms with van der Waals surface area (Å²) in [4.78, 5) is 36.3. The van der Waals surface area contributed by atoms with Crippen molar-refractivity contribution in [3.05, 3.63) is 28.3 Å². The standard InChI is InChI=1S/C15H18N6O3S/c16-13(22)14-18-12(24-19-14)6-20-3-9-1-2-11(5-20)21(15(9)23)4-10-7-25-8-17-10/h7-9,11H,1-6H2,(H2,16,22)/t9-,11+/m0/s1. The smallest absolute Gasteiger partial charge is 0.290 e. The molecule has 3 aliphatic rings. The Balaban J connectivity index is 1.48. The summed E-state index contributed by atoms with van der Waals surface area (Å²) in [6.45, 7) is 2.35. The van der Waals surface area contributed by atoms with Gasteiger partial charge < -0.3 is 15.2 Å². The Morgan fingerprint density at radius 2 is 2.24 bits per heavy atom. The molecule has 2 bridgehead atoms. The van der Waals surface area contributed by atoms with E-state index >= 15 is 0 Å². The van der Waals surface area contributed by atoms with Gasteiger partial charge in [-0.3, -0.25) is 14.5 Å². The summed E-state index contributed by atoms with van der Waals surface area (Å²) in [5.41, 5.74) is 7.86. The van der Waals surface area contributed by atoms with Crippen LogP contribution in [0, 0.1) is 5.92 Å². The van der Waals surface area contributed by atoms with E-state index in [4.69, 9.17) is 10.3 Å². The van der Waals surface area contributed by atoms with Crippen molar-refractivity contribution in [1.82, 2.24) is 24.9 Å². The maximum atomic E-state index is 12.8. The Labute approximate surface area is 147 Å². The topological polar surface area (TPSA) is 118 Å². The summed E-state index contributed by atoms with van der Waals surface area (Å²) in [5, 5.41) is 5.55. The van der Waals surface area contributed by atoms with E-state index in [1.807, 2.05) is 10.3 Å². The Kier molecular flexibility index (Phi) is 4.22. The van der Waals surface area contributed by atoms with Crippen LogP contribution >= 0.6 is 11.3 Å². The highest BCUT2D eigenvalue weighted by Gasteiger charge is 2.41. The Morgan fingerprint density at radius 3 is 2.96 bits per heavy atom. The number of hydrogen-bond donors (Lipinski definition) is 1. The van der Waals surface area contributed by atoms with Crippen molar-refractivity contribution in [2.24, 2.45) is 11.7 Å². The lowest BCUT2D eigenvalue weighted by Gasteiger charge is -2.35. The zero-order valence-electron chi connectivity index (χ0n) is 13.5. The first-order valence-corrected chi connectivity index (χ1v) is 9.06. The number of hydrogen-bond acceptors (Lipinski definition) is 8. The first kappa shape index (κ1) is 16.2. The van der Waals surface area contributed by atoms with E-state index in [-0.39, 0.29) is 23.7 Å². The van der Waals surface area contributed by atoms with E-state index in [0.29, 0.717) is 25.5 Å². The van der Waals surface area contributed by atoms with Crippen LogP contribution < -0.4 is 5.73 Å². The fourth-order valence-corrected chi connectivity index (χ4v) is 4.12. The van der Waals surface area contributed by atoms with Crippen molar-refractivity contribution in [3.63, 3.8) is 0 Å². The van der Waals surface area contributed by atoms with Gasteiger partial charge in [-0.15, -0.1) is 11.3 Å². The third-order valence-corrected chi connectivity index (χ3v) is 5.37. The van der Waals surface area contributed by atoms with Crippen molar-refractivity contribution < 1.29 is 14.1 Å². The maximum absolute atomic E-state index is 12.8. The molecule has 5 rings (SSSR count). The molecular formula is C15H18N6O3S. The second kappa shape index (κ2) is 6.52. The molecule has 3 aliphatic heterocycles. The summed E-state index contributed by atoms with van der Waals surface area (Å²) in [5.74, 6) is -0.329. The van der Waals surface area contributed by atoms with E-state index in [2.05, 4.69) is 20.0 Å². The average molecular weight is 362 g/mol. The summed E-state index contributed by atoms with van der Waals surface area (Å²) < 4.78 is 5.09. The van der Waals surface area contributed by atoms with Gasteiger partial charge in [0, 0.05) is 24.5 Å². The zero-order valence-corrected chi connectivity index (χ0v) is 14.3. The fraction of sp³-hybridized carbons (Fsp3) is 0.533. The molecule has 2 N–H and O–H groups in total. The molecule has 132 valence electrons. The number of carbonyl (C=O) groups excluding carboxylic acids is 2. The zero-order chi connectivity index (χ0) is 17.4. The van der Waals surface area contributed by atoms with Gasteiger partial charge in [0.15, 0.2) is 0 Å². The van der Waals surface area contributed by atoms with Crippen molar-refractivity contribution in [3.8, 4) is 0 Å². The molecule has 3 fully saturated rings. The molecule has 2 aromatic heterocycles. The Morgan fingerprint density at radius 1 is 1.36 bits per heavy atom. The van der Waals surface area contributed by atoms with E-state index in [1.54, 1.807) is 5.51 Å². The van der Waals surface area contributed by atoms with Gasteiger partial charge in [-0.2, -0.15) is 4.98 Å². The number of amides is 2. The van der Waals surface area contributed by atoms with E-state index in [9.17, 15) is 9.59 Å². The summed E-state index contributed by atoms with van der Waals surface area (Å²) in [6, 6.07) is 0.145. The second-order valence-corrected chi connectivity index (χ2v) is 7.16. The monoisotopic (exact) mass is 362 g/mol. The van der Waals surface area contributed by atoms with Crippen LogP contribution in [0.1, 0.15) is 35.0 Å². The molecule has 0 saturated carbocycles. The molecule has 0 aromatic carbocycles. The second-order valence-electron chi connectivity index (χ2n) is 6.44. The molecule has 2 atom stereocenters. The van der Waals surface area contributed by atoms with Gasteiger partial charge in [0.25, 0.3) is 11.7 Å². The summed E-state index contributed by atoms with van der Waals surface area (Å²) >= 11 is 1.54. The van der Waals surface area contributed by atoms with E-state index in [1.165, 1.54) is 11.3 Å². The minimum atomic E-state index is -0.712. The molecular weight excluding hydrogens is 344 g/mol. The quantitative estimate of drug-likeness (QED) is 0.809. The van der Waals surface area contributed by atoms with E-state index < -0.39 is 5.91 Å². The normalized spacial score (nSPS) is 23.8. The number of carbonyl (C=O) groups is 2. The largest absolute Gasteiger partial charge is 0.363 e. The van der Waals surface area contributed by atoms with Gasteiger partial charge in [0.05, 0.1) is 30.2 Å². The highest BCUT2D eigenvalue weighted by Crippen LogP contribution is 2.30. The highest BCUT2D eigenvalue weighted by molar-refractivity contribution is 7.07. The van der Waals surface area contributed by atoms with Crippen molar-refractivity contribution >= 4 is 23.2 Å². The van der Waals surface area contributed by atoms with Crippen LogP contribution in [0.2, 0.25) is 0 Å². The molecule has 3 saturated heterocycles. The molecule has 0 radical (unpaired) electrons. The van der Waals surface area contributed by atoms with Gasteiger partial charge >= 0.3 is 0 Å². The lowest BCUT2D eigenvalue weighted by molar-refractivity contribution is -0.140. The number of rotatable bonds is 5. The number of primary amides is 1. The first-order chi connectivity index (χ1) is 12.1. The van der Waals surface area contributed by atoms with Crippen LogP contribution in [-0.2, 0) is 17.9 Å². The van der Waals surface area contributed by atoms with Gasteiger partial charge in [-0.05, 0) is 12.8 Å². The van der Waals surface area contributed by atoms with Crippen LogP contribution in [0.15, 0.2) is 15.4 Å². The Hall–Kier alpha value is -2.33. The third kappa shape index (κ3) is 3.27. The molecule has 0 aliphatic carbocycles. The summed E-state index contributed by atoms with van der Waals surface area (Å²) in [6.07, 6.45) is 1.87. The van der Waals surface area contributed by atoms with Crippen LogP contribution in [-0.4, -0.2) is 55.9 Å². The lowest BCUT2D eigenvalue weighted by Crippen LogP contribution is -2.47. The predicted octanol–water partition coefficient (Wildman–Crippen LogP) is 0.248. The molecule has 10 heteroatoms. The van der Waals surface area contributed by atoms with Crippen LogP contribution in [0.4, 0.5) is 0 Å². The fourth-order valence-electron chi connectivity index (χ4n) is 3.57. The molecule has 0 unspecified atom stereocenters. The maximum Gasteiger partial charge on any atom is 0.290 e. The molecule has 2 amide bonds.